The van der Waals surface area contributed by atoms with E-state index in [-0.39, 0.29) is 5.97 Å². The molecule has 5 rings (SSSR count). The summed E-state index contributed by atoms with van der Waals surface area (Å²) in [5.74, 6) is 1.10. The molecule has 3 aromatic rings. The molecular formula is C23H19NO3. The molecule has 0 amide bonds. The van der Waals surface area contributed by atoms with Gasteiger partial charge in [-0.2, -0.15) is 0 Å². The molecule has 4 heteroatoms. The van der Waals surface area contributed by atoms with Crippen LogP contribution in [-0.4, -0.2) is 12.6 Å². The van der Waals surface area contributed by atoms with Crippen LogP contribution in [0.15, 0.2) is 60.7 Å². The van der Waals surface area contributed by atoms with Crippen molar-refractivity contribution in [3.05, 3.63) is 77.4 Å². The average molecular weight is 357 g/mol. The lowest BCUT2D eigenvalue weighted by Gasteiger charge is -2.30. The molecule has 0 aromatic heterocycles. The van der Waals surface area contributed by atoms with Crippen LogP contribution < -0.4 is 14.4 Å². The number of hydrogen-bond donors (Lipinski definition) is 0. The van der Waals surface area contributed by atoms with Crippen LogP contribution in [0.4, 0.5) is 17.1 Å². The number of ether oxygens (including phenoxy) is 2. The van der Waals surface area contributed by atoms with Gasteiger partial charge in [0.1, 0.15) is 5.75 Å². The first kappa shape index (κ1) is 15.9. The molecular weight excluding hydrogens is 338 g/mol. The van der Waals surface area contributed by atoms with Crippen molar-refractivity contribution in [3.63, 3.8) is 0 Å². The molecule has 0 N–H and O–H groups in total. The highest BCUT2D eigenvalue weighted by molar-refractivity contribution is 6.03. The summed E-state index contributed by atoms with van der Waals surface area (Å²) in [6.07, 6.45) is 2.02. The first-order valence-corrected chi connectivity index (χ1v) is 9.19. The number of benzene rings is 3. The minimum Gasteiger partial charge on any atom is -0.491 e. The fourth-order valence-electron chi connectivity index (χ4n) is 3.90. The van der Waals surface area contributed by atoms with Gasteiger partial charge < -0.3 is 14.4 Å². The largest absolute Gasteiger partial charge is 0.491 e. The molecule has 0 spiro atoms. The summed E-state index contributed by atoms with van der Waals surface area (Å²) in [5, 5.41) is 0. The van der Waals surface area contributed by atoms with Gasteiger partial charge in [-0.3, -0.25) is 0 Å². The highest BCUT2D eigenvalue weighted by Gasteiger charge is 2.30. The molecule has 0 aliphatic carbocycles. The summed E-state index contributed by atoms with van der Waals surface area (Å²) in [7, 11) is 0. The zero-order valence-corrected chi connectivity index (χ0v) is 15.1. The number of nitrogens with zero attached hydrogens (tertiary/aromatic N) is 1. The predicted octanol–water partition coefficient (Wildman–Crippen LogP) is 5.32. The number of carbonyl (C=O) groups excluding carboxylic acids is 1. The molecule has 0 unspecified atom stereocenters. The Morgan fingerprint density at radius 3 is 2.56 bits per heavy atom. The molecule has 2 aliphatic heterocycles. The van der Waals surface area contributed by atoms with Crippen molar-refractivity contribution < 1.29 is 14.3 Å². The fraction of sp³-hybridized carbons (Fsp3) is 0.174. The Balaban J connectivity index is 1.82. The van der Waals surface area contributed by atoms with Crippen LogP contribution in [0.25, 0.3) is 0 Å². The standard InChI is InChI=1S/C23H19NO3/c1-15-12-13-20(22-16(15)8-6-14-26-22)24-18-9-3-2-7-17(18)23(25)27-21-11-5-4-10-19(21)24/h2-5,7,9-13H,6,8,14H2,1H3. The van der Waals surface area contributed by atoms with Crippen molar-refractivity contribution in [1.29, 1.82) is 0 Å². The summed E-state index contributed by atoms with van der Waals surface area (Å²) in [6.45, 7) is 2.82. The first-order valence-electron chi connectivity index (χ1n) is 9.19. The maximum absolute atomic E-state index is 12.7. The molecule has 134 valence electrons. The number of para-hydroxylation sites is 3. The number of rotatable bonds is 1. The van der Waals surface area contributed by atoms with Gasteiger partial charge in [-0.25, -0.2) is 4.79 Å². The van der Waals surface area contributed by atoms with E-state index in [4.69, 9.17) is 9.47 Å². The van der Waals surface area contributed by atoms with Gasteiger partial charge >= 0.3 is 5.97 Å². The van der Waals surface area contributed by atoms with E-state index < -0.39 is 0 Å². The second-order valence-electron chi connectivity index (χ2n) is 6.87. The van der Waals surface area contributed by atoms with E-state index in [1.165, 1.54) is 11.1 Å². The van der Waals surface area contributed by atoms with Crippen LogP contribution >= 0.6 is 0 Å². The van der Waals surface area contributed by atoms with Crippen LogP contribution in [-0.2, 0) is 6.42 Å². The van der Waals surface area contributed by atoms with Crippen molar-refractivity contribution in [1.82, 2.24) is 0 Å². The summed E-state index contributed by atoms with van der Waals surface area (Å²) in [4.78, 5) is 14.8. The van der Waals surface area contributed by atoms with Crippen LogP contribution in [0.2, 0.25) is 0 Å². The number of hydrogen-bond acceptors (Lipinski definition) is 4. The van der Waals surface area contributed by atoms with Crippen molar-refractivity contribution >= 4 is 23.0 Å². The summed E-state index contributed by atoms with van der Waals surface area (Å²) < 4.78 is 11.8. The first-order chi connectivity index (χ1) is 13.2. The zero-order valence-electron chi connectivity index (χ0n) is 15.1. The molecule has 0 atom stereocenters. The van der Waals surface area contributed by atoms with Crippen LogP contribution in [0.1, 0.15) is 27.9 Å². The lowest BCUT2D eigenvalue weighted by atomic mass is 9.98. The smallest absolute Gasteiger partial charge is 0.345 e. The van der Waals surface area contributed by atoms with E-state index in [9.17, 15) is 4.79 Å². The fourth-order valence-corrected chi connectivity index (χ4v) is 3.90. The Morgan fingerprint density at radius 1 is 0.889 bits per heavy atom. The Hall–Kier alpha value is -3.27. The molecule has 2 aliphatic rings. The number of fused-ring (bicyclic) bond motifs is 3. The number of carbonyl (C=O) groups is 1. The summed E-state index contributed by atoms with van der Waals surface area (Å²) in [6, 6.07) is 19.4. The molecule has 27 heavy (non-hydrogen) atoms. The van der Waals surface area contributed by atoms with Crippen LogP contribution in [0, 0.1) is 6.92 Å². The van der Waals surface area contributed by atoms with Crippen LogP contribution in [0.5, 0.6) is 11.5 Å². The normalized spacial score (nSPS) is 15.0. The van der Waals surface area contributed by atoms with E-state index in [1.54, 1.807) is 6.07 Å². The Bertz CT molecular complexity index is 1060. The Kier molecular flexibility index (Phi) is 3.64. The van der Waals surface area contributed by atoms with E-state index in [1.807, 2.05) is 42.5 Å². The SMILES string of the molecule is Cc1ccc(N2c3ccccc3OC(=O)c3ccccc32)c2c1CCCO2. The molecule has 4 nitrogen and oxygen atoms in total. The molecule has 0 fully saturated rings. The average Bonchev–Trinajstić information content (AvgIpc) is 2.83. The monoisotopic (exact) mass is 357 g/mol. The van der Waals surface area contributed by atoms with Gasteiger partial charge in [-0.05, 0) is 61.2 Å². The van der Waals surface area contributed by atoms with Gasteiger partial charge in [0, 0.05) is 0 Å². The summed E-state index contributed by atoms with van der Waals surface area (Å²) >= 11 is 0. The zero-order chi connectivity index (χ0) is 18.4. The van der Waals surface area contributed by atoms with Gasteiger partial charge in [0.15, 0.2) is 5.75 Å². The minimum absolute atomic E-state index is 0.345. The highest BCUT2D eigenvalue weighted by atomic mass is 16.5. The van der Waals surface area contributed by atoms with Gasteiger partial charge in [0.05, 0.1) is 29.2 Å². The molecule has 0 bridgehead atoms. The van der Waals surface area contributed by atoms with E-state index in [2.05, 4.69) is 24.0 Å². The second-order valence-corrected chi connectivity index (χ2v) is 6.87. The van der Waals surface area contributed by atoms with Gasteiger partial charge in [0.2, 0.25) is 0 Å². The van der Waals surface area contributed by atoms with Crippen LogP contribution in [0.3, 0.4) is 0 Å². The molecule has 0 saturated carbocycles. The third kappa shape index (κ3) is 2.48. The quantitative estimate of drug-likeness (QED) is 0.436. The Labute approximate surface area is 158 Å². The molecule has 2 heterocycles. The topological polar surface area (TPSA) is 38.8 Å². The van der Waals surface area contributed by atoms with Gasteiger partial charge in [-0.15, -0.1) is 0 Å². The van der Waals surface area contributed by atoms with E-state index in [0.717, 1.165) is 35.7 Å². The van der Waals surface area contributed by atoms with Crippen molar-refractivity contribution in [2.45, 2.75) is 19.8 Å². The minimum atomic E-state index is -0.345. The van der Waals surface area contributed by atoms with E-state index >= 15 is 0 Å². The molecule has 0 saturated heterocycles. The van der Waals surface area contributed by atoms with Crippen molar-refractivity contribution in [2.24, 2.45) is 0 Å². The maximum Gasteiger partial charge on any atom is 0.345 e. The summed E-state index contributed by atoms with van der Waals surface area (Å²) in [5.41, 5.74) is 5.58. The second kappa shape index (κ2) is 6.16. The molecule has 3 aromatic carbocycles. The lowest BCUT2D eigenvalue weighted by Crippen LogP contribution is -2.17. The Morgan fingerprint density at radius 2 is 1.67 bits per heavy atom. The number of aryl methyl sites for hydroxylation is 1. The predicted molar refractivity (Wildman–Crippen MR) is 105 cm³/mol. The third-order valence-electron chi connectivity index (χ3n) is 5.21. The van der Waals surface area contributed by atoms with E-state index in [0.29, 0.717) is 17.9 Å². The van der Waals surface area contributed by atoms with Crippen molar-refractivity contribution in [3.8, 4) is 11.5 Å². The number of anilines is 3. The van der Waals surface area contributed by atoms with Gasteiger partial charge in [-0.1, -0.05) is 30.3 Å². The van der Waals surface area contributed by atoms with Crippen molar-refractivity contribution in [2.75, 3.05) is 11.5 Å². The number of esters is 1. The molecule has 0 radical (unpaired) electrons. The highest BCUT2D eigenvalue weighted by Crippen LogP contribution is 2.49. The maximum atomic E-state index is 12.7. The lowest BCUT2D eigenvalue weighted by molar-refractivity contribution is 0.0738. The van der Waals surface area contributed by atoms with Gasteiger partial charge in [0.25, 0.3) is 0 Å². The third-order valence-corrected chi connectivity index (χ3v) is 5.21.